The maximum Gasteiger partial charge on any atom is 0.339 e. The van der Waals surface area contributed by atoms with Crippen molar-refractivity contribution in [3.05, 3.63) is 179 Å². The van der Waals surface area contributed by atoms with Gasteiger partial charge < -0.3 is 81.7 Å². The number of carboxylic acids is 4. The molecule has 0 saturated carbocycles. The van der Waals surface area contributed by atoms with Gasteiger partial charge in [-0.2, -0.15) is 0 Å². The lowest BCUT2D eigenvalue weighted by atomic mass is 9.95. The van der Waals surface area contributed by atoms with E-state index in [1.165, 1.54) is 16.7 Å². The van der Waals surface area contributed by atoms with Crippen molar-refractivity contribution in [2.75, 3.05) is 19.8 Å². The summed E-state index contributed by atoms with van der Waals surface area (Å²) in [6.07, 6.45) is 12.4. The van der Waals surface area contributed by atoms with Gasteiger partial charge in [0, 0.05) is 0 Å². The SMILES string of the molecule is CC.CC.CC.CC.CC.CCC[C@H](CCc1ccccc1)OC(=O)C(N)CCCCN.CCC[C@H](CCc1ccccc1)OC(=O)C(N)CO.CCC[C@H](CCc1ccccc1)OC(=O)C(O)(CC(=O)O)CC(=O)O.CCC[C@H](CCc1ccccc1)OC(=O)C(O)CO.CCC[C@H](CCc1ccccc1)OC(=O)CC(CC(=O)O)C(=O)O. The number of aryl methyl sites for hydroxylation is 5. The van der Waals surface area contributed by atoms with Gasteiger partial charge in [-0.05, 0) is 144 Å². The number of benzene rings is 5. The number of hydrogen-bond acceptors (Lipinski definition) is 21. The molecule has 0 aliphatic carbocycles. The van der Waals surface area contributed by atoms with Crippen LogP contribution < -0.4 is 17.2 Å². The fourth-order valence-corrected chi connectivity index (χ4v) is 11.2. The van der Waals surface area contributed by atoms with Gasteiger partial charge in [0.2, 0.25) is 0 Å². The van der Waals surface area contributed by atoms with Crippen LogP contribution in [0.15, 0.2) is 152 Å². The Balaban J connectivity index is -0.000000444. The number of unbranched alkanes of at least 4 members (excludes halogenated alkanes) is 1. The Morgan fingerprint density at radius 1 is 0.353 bits per heavy atom. The maximum absolute atomic E-state index is 12.2. The molecular weight excluding hydrogens is 1520 g/mol. The van der Waals surface area contributed by atoms with E-state index >= 15 is 0 Å². The Morgan fingerprint density at radius 3 is 0.882 bits per heavy atom. The number of aliphatic hydroxyl groups is 4. The smallest absolute Gasteiger partial charge is 0.339 e. The first-order valence-corrected chi connectivity index (χ1v) is 43.1. The van der Waals surface area contributed by atoms with Gasteiger partial charge in [-0.1, -0.05) is 294 Å². The normalized spacial score (nSPS) is 12.4. The Bertz CT molecular complexity index is 3180. The van der Waals surface area contributed by atoms with Crippen LogP contribution in [0.1, 0.15) is 273 Å². The molecule has 5 aromatic carbocycles. The van der Waals surface area contributed by atoms with Crippen LogP contribution in [0.2, 0.25) is 0 Å². The quantitative estimate of drug-likeness (QED) is 0.00978. The largest absolute Gasteiger partial charge is 0.481 e. The summed E-state index contributed by atoms with van der Waals surface area (Å²) in [5.74, 6) is -10.2. The van der Waals surface area contributed by atoms with E-state index in [0.717, 1.165) is 120 Å². The lowest BCUT2D eigenvalue weighted by molar-refractivity contribution is -0.180. The lowest BCUT2D eigenvalue weighted by Crippen LogP contribution is -2.45. The minimum Gasteiger partial charge on any atom is -0.481 e. The number of hydrogen-bond donors (Lipinski definition) is 11. The molecule has 0 bridgehead atoms. The molecule has 5 aromatic rings. The topological polar surface area (TPSA) is 440 Å². The summed E-state index contributed by atoms with van der Waals surface area (Å²) in [4.78, 5) is 103. The third-order valence-corrected chi connectivity index (χ3v) is 17.1. The predicted octanol–water partition coefficient (Wildman–Crippen LogP) is 16.2. The fourth-order valence-electron chi connectivity index (χ4n) is 11.2. The first-order valence-electron chi connectivity index (χ1n) is 43.1. The standard InChI is InChI=1S/C18H30N2O2.C18H24O7.C18H24O6.C15H23NO3.C15H22O4.5C2H6/c1-2-8-16(13-12-15-9-4-3-5-10-15)22-18(21)17(20)11-6-7-14-19;1-2-6-14(10-9-13-7-4-3-5-8-13)25-17(23)18(24,11-15(19)20)12-16(21)22;1-2-6-15(10-9-13-7-4-3-5-8-13)24-17(21)12-14(18(22)23)11-16(19)20;1-2-6-13(19-15(18)14(16)11-17)10-9-12-7-4-3-5-8-12;1-2-6-13(19-15(18)14(17)11-16)10-9-12-7-4-3-5-8-12;5*1-2/h3-5,9-10,16-17H,2,6-8,11-14,19-20H2,1H3;3-5,7-8,14,24H,2,6,9-12H2,1H3,(H,19,20)(H,21,22);3-5,7-8,14-15H,2,6,9-12H2,1H3,(H,19,20)(H,22,23);3-5,7-8,13-14,17H,2,6,9-11,16H2,1H3;3-5,7-8,13-14,16-17H,2,6,9-11H2,1H3;5*1-2H3/t16-,17?;14-;14?,15-;2*13-,14?;;;;;/m11111...../s1. The molecule has 0 amide bonds. The third kappa shape index (κ3) is 63.7. The Morgan fingerprint density at radius 2 is 0.630 bits per heavy atom. The van der Waals surface area contributed by atoms with Crippen molar-refractivity contribution in [2.45, 2.75) is 332 Å². The number of carbonyl (C=O) groups is 9. The number of carbonyl (C=O) groups excluding carboxylic acids is 5. The van der Waals surface area contributed by atoms with Crippen molar-refractivity contribution in [3.63, 3.8) is 0 Å². The van der Waals surface area contributed by atoms with Gasteiger partial charge in [-0.25, -0.2) is 9.59 Å². The third-order valence-electron chi connectivity index (χ3n) is 17.1. The van der Waals surface area contributed by atoms with Crippen LogP contribution in [0, 0.1) is 5.92 Å². The van der Waals surface area contributed by atoms with Crippen molar-refractivity contribution in [1.29, 1.82) is 0 Å². The van der Waals surface area contributed by atoms with Crippen LogP contribution in [0.5, 0.6) is 0 Å². The van der Waals surface area contributed by atoms with Gasteiger partial charge in [0.15, 0.2) is 11.7 Å². The van der Waals surface area contributed by atoms with Crippen LogP contribution in [-0.4, -0.2) is 169 Å². The van der Waals surface area contributed by atoms with E-state index in [-0.39, 0.29) is 37.0 Å². The van der Waals surface area contributed by atoms with Gasteiger partial charge in [-0.3, -0.25) is 33.6 Å². The summed E-state index contributed by atoms with van der Waals surface area (Å²) < 4.78 is 26.8. The van der Waals surface area contributed by atoms with E-state index in [1.807, 2.05) is 217 Å². The van der Waals surface area contributed by atoms with E-state index in [2.05, 4.69) is 38.1 Å². The van der Waals surface area contributed by atoms with E-state index < -0.39 is 116 Å². The summed E-state index contributed by atoms with van der Waals surface area (Å²) in [5, 5.41) is 72.3. The van der Waals surface area contributed by atoms with E-state index in [1.54, 1.807) is 0 Å². The molecule has 5 rings (SSSR count). The highest BCUT2D eigenvalue weighted by atomic mass is 16.6. The number of esters is 5. The number of nitrogens with two attached hydrogens (primary N) is 3. The van der Waals surface area contributed by atoms with Crippen molar-refractivity contribution < 1.29 is 108 Å². The summed E-state index contributed by atoms with van der Waals surface area (Å²) in [6.45, 7) is 29.7. The molecule has 0 fully saturated rings. The summed E-state index contributed by atoms with van der Waals surface area (Å²) in [7, 11) is 0. The zero-order valence-electron chi connectivity index (χ0n) is 74.4. The molecule has 676 valence electrons. The van der Waals surface area contributed by atoms with Crippen LogP contribution in [0.4, 0.5) is 0 Å². The van der Waals surface area contributed by atoms with Crippen molar-refractivity contribution in [3.8, 4) is 0 Å². The zero-order valence-corrected chi connectivity index (χ0v) is 74.4. The molecule has 0 aliphatic heterocycles. The second-order valence-electron chi connectivity index (χ2n) is 26.8. The van der Waals surface area contributed by atoms with Crippen LogP contribution >= 0.6 is 0 Å². The second kappa shape index (κ2) is 80.1. The van der Waals surface area contributed by atoms with Gasteiger partial charge in [-0.15, -0.1) is 0 Å². The molecule has 0 radical (unpaired) electrons. The van der Waals surface area contributed by atoms with Crippen LogP contribution in [0.3, 0.4) is 0 Å². The fraction of sp³-hybridized carbons (Fsp3) is 0.585. The molecule has 14 N–H and O–H groups in total. The van der Waals surface area contributed by atoms with Gasteiger partial charge in [0.25, 0.3) is 0 Å². The first-order chi connectivity index (χ1) is 57.2. The van der Waals surface area contributed by atoms with Gasteiger partial charge >= 0.3 is 53.7 Å². The lowest BCUT2D eigenvalue weighted by Gasteiger charge is -2.26. The van der Waals surface area contributed by atoms with Crippen molar-refractivity contribution in [2.24, 2.45) is 23.1 Å². The molecule has 0 heterocycles. The maximum atomic E-state index is 12.2. The second-order valence-corrected chi connectivity index (χ2v) is 26.8. The number of aliphatic carboxylic acids is 4. The summed E-state index contributed by atoms with van der Waals surface area (Å²) in [6, 6.07) is 48.3. The molecule has 9 atom stereocenters. The van der Waals surface area contributed by atoms with Gasteiger partial charge in [0.1, 0.15) is 42.6 Å². The van der Waals surface area contributed by atoms with E-state index in [0.29, 0.717) is 45.1 Å². The number of aliphatic hydroxyl groups excluding tert-OH is 3. The average Bonchev–Trinajstić information content (AvgIpc) is 0.835. The Hall–Kier alpha value is -8.95. The molecule has 0 saturated heterocycles. The molecule has 119 heavy (non-hydrogen) atoms. The number of carboxylic acid groups (broad SMARTS) is 4. The van der Waals surface area contributed by atoms with E-state index in [9.17, 15) is 53.4 Å². The Kier molecular flexibility index (Phi) is 79.9. The summed E-state index contributed by atoms with van der Waals surface area (Å²) in [5.41, 5.74) is 20.1. The van der Waals surface area contributed by atoms with Crippen LogP contribution in [0.25, 0.3) is 0 Å². The Labute approximate surface area is 711 Å². The average molecular weight is 1680 g/mol. The molecule has 25 heteroatoms. The van der Waals surface area contributed by atoms with Crippen LogP contribution in [-0.2, 0) is 98.9 Å². The predicted molar refractivity (Wildman–Crippen MR) is 471 cm³/mol. The first kappa shape index (κ1) is 119. The molecule has 4 unspecified atom stereocenters. The van der Waals surface area contributed by atoms with E-state index in [4.69, 9.17) is 71.5 Å². The van der Waals surface area contributed by atoms with Crippen molar-refractivity contribution >= 4 is 53.7 Å². The summed E-state index contributed by atoms with van der Waals surface area (Å²) >= 11 is 0. The van der Waals surface area contributed by atoms with Gasteiger partial charge in [0.05, 0.1) is 44.8 Å². The molecule has 0 aliphatic rings. The molecular formula is C94H153N3O22. The monoisotopic (exact) mass is 1680 g/mol. The van der Waals surface area contributed by atoms with Crippen molar-refractivity contribution in [1.82, 2.24) is 0 Å². The molecule has 0 aromatic heterocycles. The minimum atomic E-state index is -2.57. The number of ether oxygens (including phenoxy) is 5. The molecule has 25 nitrogen and oxygen atoms in total. The molecule has 0 spiro atoms. The minimum absolute atomic E-state index is 0.0433. The highest BCUT2D eigenvalue weighted by Crippen LogP contribution is 2.24. The highest BCUT2D eigenvalue weighted by molar-refractivity contribution is 5.89. The highest BCUT2D eigenvalue weighted by Gasteiger charge is 2.43. The zero-order chi connectivity index (χ0) is 91.2. The number of rotatable bonds is 49.